The van der Waals surface area contributed by atoms with E-state index in [0.29, 0.717) is 12.5 Å². The van der Waals surface area contributed by atoms with E-state index in [0.717, 1.165) is 28.5 Å². The Morgan fingerprint density at radius 3 is 2.30 bits per heavy atom. The molecule has 1 N–H and O–H groups in total. The van der Waals surface area contributed by atoms with Crippen LogP contribution in [0.1, 0.15) is 69.1 Å². The maximum Gasteiger partial charge on any atom is 0.416 e. The maximum atomic E-state index is 13.1. The minimum Gasteiger partial charge on any atom is -0.311 e. The highest BCUT2D eigenvalue weighted by Crippen LogP contribution is 2.66. The minimum atomic E-state index is -4.30. The van der Waals surface area contributed by atoms with Crippen LogP contribution in [0, 0.1) is 17.3 Å². The molecule has 178 valence electrons. The van der Waals surface area contributed by atoms with Gasteiger partial charge < -0.3 is 5.32 Å². The first-order valence-electron chi connectivity index (χ1n) is 12.3. The molecule has 6 rings (SSSR count). The lowest BCUT2D eigenvalue weighted by Crippen LogP contribution is -2.60. The van der Waals surface area contributed by atoms with E-state index in [-0.39, 0.29) is 16.9 Å². The van der Waals surface area contributed by atoms with Crippen molar-refractivity contribution < 1.29 is 13.2 Å². The lowest BCUT2D eigenvalue weighted by Gasteiger charge is -2.64. The summed E-state index contributed by atoms with van der Waals surface area (Å²) < 4.78 is 39.3. The largest absolute Gasteiger partial charge is 0.416 e. The normalized spacial score (nSPS) is 32.7. The van der Waals surface area contributed by atoms with Gasteiger partial charge in [-0.15, -0.1) is 0 Å². The molecule has 4 aliphatic rings. The molecule has 4 saturated carbocycles. The van der Waals surface area contributed by atoms with Crippen LogP contribution < -0.4 is 5.32 Å². The van der Waals surface area contributed by atoms with Crippen molar-refractivity contribution in [3.8, 4) is 0 Å². The number of rotatable bonds is 6. The summed E-state index contributed by atoms with van der Waals surface area (Å²) in [6.07, 6.45) is 3.93. The Balaban J connectivity index is 1.32. The van der Waals surface area contributed by atoms with E-state index in [2.05, 4.69) is 31.3 Å². The Morgan fingerprint density at radius 2 is 1.67 bits per heavy atom. The summed E-state index contributed by atoms with van der Waals surface area (Å²) in [7, 11) is 0. The topological polar surface area (TPSA) is 12.0 Å². The van der Waals surface area contributed by atoms with Gasteiger partial charge >= 0.3 is 6.18 Å². The first-order chi connectivity index (χ1) is 15.6. The standard InChI is InChI=1S/C28H33ClF3N/c1-18(10-20-4-3-5-24(12-20)28(30,31)32)33-19(2)26-13-21-11-22(14-26)16-27(15-21,17-26)23-6-8-25(29)9-7-23/h3-9,12,18-19,21-22,33H,10-11,13-17H2,1-2H3/t18-,19-,21+,22+,26?,27?/m0/s1. The number of hydrogen-bond acceptors (Lipinski definition) is 1. The van der Waals surface area contributed by atoms with Crippen LogP contribution in [0.2, 0.25) is 5.02 Å². The molecule has 0 aromatic heterocycles. The molecule has 0 aliphatic heterocycles. The first-order valence-corrected chi connectivity index (χ1v) is 12.6. The van der Waals surface area contributed by atoms with Crippen molar-refractivity contribution in [1.29, 1.82) is 0 Å². The van der Waals surface area contributed by atoms with Crippen molar-refractivity contribution in [3.05, 3.63) is 70.2 Å². The van der Waals surface area contributed by atoms with Gasteiger partial charge in [-0.05, 0) is 111 Å². The fourth-order valence-electron chi connectivity index (χ4n) is 7.87. The molecular formula is C28H33ClF3N. The molecule has 2 aromatic rings. The van der Waals surface area contributed by atoms with E-state index in [1.165, 1.54) is 56.2 Å². The van der Waals surface area contributed by atoms with Gasteiger partial charge in [-0.2, -0.15) is 13.2 Å². The average molecular weight is 476 g/mol. The van der Waals surface area contributed by atoms with Crippen LogP contribution in [0.4, 0.5) is 13.2 Å². The lowest BCUT2D eigenvalue weighted by atomic mass is 9.41. The summed E-state index contributed by atoms with van der Waals surface area (Å²) in [5, 5.41) is 4.61. The van der Waals surface area contributed by atoms with Gasteiger partial charge in [0.2, 0.25) is 0 Å². The predicted molar refractivity (Wildman–Crippen MR) is 127 cm³/mol. The molecule has 0 spiro atoms. The zero-order valence-electron chi connectivity index (χ0n) is 19.4. The monoisotopic (exact) mass is 475 g/mol. The number of benzene rings is 2. The summed E-state index contributed by atoms with van der Waals surface area (Å²) in [4.78, 5) is 0. The molecule has 4 bridgehead atoms. The molecule has 4 atom stereocenters. The second-order valence-corrected chi connectivity index (χ2v) is 11.7. The van der Waals surface area contributed by atoms with Crippen molar-refractivity contribution in [1.82, 2.24) is 5.32 Å². The molecular weight excluding hydrogens is 443 g/mol. The van der Waals surface area contributed by atoms with Crippen molar-refractivity contribution >= 4 is 11.6 Å². The van der Waals surface area contributed by atoms with Crippen LogP contribution in [0.5, 0.6) is 0 Å². The molecule has 2 aromatic carbocycles. The third-order valence-corrected chi connectivity index (χ3v) is 9.06. The SMILES string of the molecule is C[C@H](N[C@@H](C)Cc1cccc(C(F)(F)F)c1)C12C[C@H]3C[C@@H](CC(c4ccc(Cl)cc4)(C3)C1)C2. The van der Waals surface area contributed by atoms with E-state index >= 15 is 0 Å². The molecule has 1 nitrogen and oxygen atoms in total. The zero-order valence-corrected chi connectivity index (χ0v) is 20.1. The third-order valence-electron chi connectivity index (χ3n) is 8.81. The molecule has 0 radical (unpaired) electrons. The van der Waals surface area contributed by atoms with E-state index in [1.807, 2.05) is 12.1 Å². The van der Waals surface area contributed by atoms with Gasteiger partial charge in [-0.3, -0.25) is 0 Å². The molecule has 0 unspecified atom stereocenters. The fourth-order valence-corrected chi connectivity index (χ4v) is 8.00. The Kier molecular flexibility index (Phi) is 5.85. The maximum absolute atomic E-state index is 13.1. The van der Waals surface area contributed by atoms with Gasteiger partial charge in [-0.1, -0.05) is 41.9 Å². The summed E-state index contributed by atoms with van der Waals surface area (Å²) in [5.41, 5.74) is 2.11. The highest BCUT2D eigenvalue weighted by molar-refractivity contribution is 6.30. The van der Waals surface area contributed by atoms with Crippen LogP contribution >= 0.6 is 11.6 Å². The van der Waals surface area contributed by atoms with Crippen LogP contribution in [0.3, 0.4) is 0 Å². The van der Waals surface area contributed by atoms with Crippen molar-refractivity contribution in [2.75, 3.05) is 0 Å². The van der Waals surface area contributed by atoms with Gasteiger partial charge in [0, 0.05) is 17.1 Å². The highest BCUT2D eigenvalue weighted by Gasteiger charge is 2.59. The molecule has 33 heavy (non-hydrogen) atoms. The van der Waals surface area contributed by atoms with Gasteiger partial charge in [-0.25, -0.2) is 0 Å². The Hall–Kier alpha value is -1.52. The zero-order chi connectivity index (χ0) is 23.4. The van der Waals surface area contributed by atoms with Gasteiger partial charge in [0.15, 0.2) is 0 Å². The Morgan fingerprint density at radius 1 is 1.00 bits per heavy atom. The molecule has 0 amide bonds. The van der Waals surface area contributed by atoms with E-state index in [4.69, 9.17) is 11.6 Å². The molecule has 0 saturated heterocycles. The first kappa shape index (κ1) is 23.2. The van der Waals surface area contributed by atoms with E-state index < -0.39 is 11.7 Å². The van der Waals surface area contributed by atoms with Crippen molar-refractivity contribution in [2.45, 2.75) is 82.5 Å². The van der Waals surface area contributed by atoms with Crippen LogP contribution in [-0.4, -0.2) is 12.1 Å². The predicted octanol–water partition coefficient (Wildman–Crippen LogP) is 7.81. The second-order valence-electron chi connectivity index (χ2n) is 11.3. The van der Waals surface area contributed by atoms with Gasteiger partial charge in [0.25, 0.3) is 0 Å². The van der Waals surface area contributed by atoms with Gasteiger partial charge in [0.05, 0.1) is 5.56 Å². The second kappa shape index (κ2) is 8.30. The lowest BCUT2D eigenvalue weighted by molar-refractivity contribution is -0.137. The number of alkyl halides is 3. The quantitative estimate of drug-likeness (QED) is 0.449. The number of hydrogen-bond donors (Lipinski definition) is 1. The van der Waals surface area contributed by atoms with Gasteiger partial charge in [0.1, 0.15) is 0 Å². The van der Waals surface area contributed by atoms with Crippen LogP contribution in [0.25, 0.3) is 0 Å². The number of nitrogens with one attached hydrogen (secondary N) is 1. The summed E-state index contributed by atoms with van der Waals surface area (Å²) in [5.74, 6) is 1.54. The summed E-state index contributed by atoms with van der Waals surface area (Å²) >= 11 is 6.18. The summed E-state index contributed by atoms with van der Waals surface area (Å²) in [6, 6.07) is 14.7. The fraction of sp³-hybridized carbons (Fsp3) is 0.571. The average Bonchev–Trinajstić information content (AvgIpc) is 2.72. The summed E-state index contributed by atoms with van der Waals surface area (Å²) in [6.45, 7) is 4.41. The van der Waals surface area contributed by atoms with E-state index in [1.54, 1.807) is 6.07 Å². The molecule has 4 aliphatic carbocycles. The van der Waals surface area contributed by atoms with Crippen LogP contribution in [-0.2, 0) is 18.0 Å². The highest BCUT2D eigenvalue weighted by atomic mass is 35.5. The van der Waals surface area contributed by atoms with Crippen molar-refractivity contribution in [2.24, 2.45) is 17.3 Å². The van der Waals surface area contributed by atoms with E-state index in [9.17, 15) is 13.2 Å². The molecule has 0 heterocycles. The Bertz CT molecular complexity index is 985. The third kappa shape index (κ3) is 4.46. The molecule has 4 fully saturated rings. The van der Waals surface area contributed by atoms with Crippen LogP contribution in [0.15, 0.2) is 48.5 Å². The number of halogens is 4. The molecule has 5 heteroatoms. The minimum absolute atomic E-state index is 0.114. The smallest absolute Gasteiger partial charge is 0.311 e. The Labute approximate surface area is 200 Å². The van der Waals surface area contributed by atoms with Crippen molar-refractivity contribution in [3.63, 3.8) is 0 Å².